The average Bonchev–Trinajstić information content (AvgIpc) is 2.32. The molecule has 0 fully saturated rings. The highest BCUT2D eigenvalue weighted by molar-refractivity contribution is 9.11. The van der Waals surface area contributed by atoms with Crippen LogP contribution in [0.5, 0.6) is 5.75 Å². The number of hydrogen-bond donors (Lipinski definition) is 2. The summed E-state index contributed by atoms with van der Waals surface area (Å²) in [6, 6.07) is 7.53. The molecule has 0 saturated carbocycles. The minimum atomic E-state index is 0.307. The average molecular weight is 373 g/mol. The molecule has 3 N–H and O–H groups in total. The number of phenolic OH excluding ortho intramolecular Hbond substituents is 1. The van der Waals surface area contributed by atoms with Gasteiger partial charge in [-0.15, -0.1) is 0 Å². The van der Waals surface area contributed by atoms with Crippen molar-refractivity contribution in [3.8, 4) is 5.75 Å². The molecule has 0 atom stereocenters. The fourth-order valence-corrected chi connectivity index (χ4v) is 2.77. The predicted molar refractivity (Wildman–Crippen MR) is 78.6 cm³/mol. The van der Waals surface area contributed by atoms with Crippen molar-refractivity contribution in [1.29, 1.82) is 0 Å². The van der Waals surface area contributed by atoms with E-state index in [0.29, 0.717) is 12.3 Å². The Balaban J connectivity index is 2.13. The number of hydrogen-bond acceptors (Lipinski definition) is 2. The highest BCUT2D eigenvalue weighted by Gasteiger charge is 2.10. The van der Waals surface area contributed by atoms with Gasteiger partial charge in [0, 0.05) is 5.56 Å². The van der Waals surface area contributed by atoms with Crippen molar-refractivity contribution in [3.63, 3.8) is 0 Å². The highest BCUT2D eigenvalue weighted by atomic mass is 79.9. The molecule has 1 aromatic carbocycles. The number of rotatable bonds is 3. The van der Waals surface area contributed by atoms with E-state index in [1.54, 1.807) is 6.07 Å². The van der Waals surface area contributed by atoms with Gasteiger partial charge in [-0.25, -0.2) is 4.98 Å². The van der Waals surface area contributed by atoms with Gasteiger partial charge in [-0.1, -0.05) is 11.6 Å². The van der Waals surface area contributed by atoms with E-state index in [0.717, 1.165) is 25.9 Å². The Morgan fingerprint density at radius 1 is 1.28 bits per heavy atom. The molecule has 2 aromatic rings. The zero-order chi connectivity index (χ0) is 13.1. The van der Waals surface area contributed by atoms with Crippen LogP contribution in [0, 0.1) is 6.92 Å². The molecular weight excluding hydrogens is 360 g/mol. The zero-order valence-corrected chi connectivity index (χ0v) is 13.0. The second kappa shape index (κ2) is 5.71. The molecule has 0 saturated heterocycles. The number of benzene rings is 1. The monoisotopic (exact) mass is 371 g/mol. The van der Waals surface area contributed by atoms with Crippen LogP contribution in [0.3, 0.4) is 0 Å². The van der Waals surface area contributed by atoms with E-state index in [9.17, 15) is 5.11 Å². The number of H-pyrrole nitrogens is 1. The van der Waals surface area contributed by atoms with Crippen molar-refractivity contribution < 1.29 is 10.1 Å². The molecule has 1 aromatic heterocycles. The van der Waals surface area contributed by atoms with Gasteiger partial charge in [0.2, 0.25) is 0 Å². The number of aromatic nitrogens is 1. The van der Waals surface area contributed by atoms with Crippen molar-refractivity contribution in [2.75, 3.05) is 5.32 Å². The summed E-state index contributed by atoms with van der Waals surface area (Å²) >= 11 is 6.85. The highest BCUT2D eigenvalue weighted by Crippen LogP contribution is 2.23. The molecular formula is C13H13Br2N2O+. The summed E-state index contributed by atoms with van der Waals surface area (Å²) in [6.45, 7) is 2.56. The Hall–Kier alpha value is -1.07. The summed E-state index contributed by atoms with van der Waals surface area (Å²) in [5, 5.41) is 13.0. The molecule has 0 aliphatic rings. The van der Waals surface area contributed by atoms with Crippen molar-refractivity contribution >= 4 is 37.7 Å². The molecule has 0 spiro atoms. The van der Waals surface area contributed by atoms with Gasteiger partial charge in [0.1, 0.15) is 23.0 Å². The lowest BCUT2D eigenvalue weighted by atomic mass is 10.1. The quantitative estimate of drug-likeness (QED) is 0.863. The third-order valence-corrected chi connectivity index (χ3v) is 3.63. The van der Waals surface area contributed by atoms with Gasteiger partial charge in [0.15, 0.2) is 0 Å². The lowest BCUT2D eigenvalue weighted by Crippen LogP contribution is -2.13. The maximum absolute atomic E-state index is 9.76. The predicted octanol–water partition coefficient (Wildman–Crippen LogP) is 3.65. The molecule has 18 heavy (non-hydrogen) atoms. The van der Waals surface area contributed by atoms with Crippen LogP contribution in [0.4, 0.5) is 5.82 Å². The van der Waals surface area contributed by atoms with Crippen LogP contribution in [0.15, 0.2) is 39.4 Å². The van der Waals surface area contributed by atoms with Gasteiger partial charge in [0.25, 0.3) is 5.82 Å². The van der Waals surface area contributed by atoms with Gasteiger partial charge in [0.05, 0.1) is 4.47 Å². The molecule has 94 valence electrons. The Morgan fingerprint density at radius 3 is 2.78 bits per heavy atom. The minimum absolute atomic E-state index is 0.307. The van der Waals surface area contributed by atoms with Crippen LogP contribution in [-0.2, 0) is 6.54 Å². The van der Waals surface area contributed by atoms with Crippen molar-refractivity contribution in [3.05, 3.63) is 50.5 Å². The Bertz CT molecular complexity index is 573. The Labute approximate surface area is 123 Å². The number of aromatic amines is 1. The first kappa shape index (κ1) is 13.4. The fraction of sp³-hybridized carbons (Fsp3) is 0.154. The molecule has 0 aliphatic heterocycles. The van der Waals surface area contributed by atoms with Crippen molar-refractivity contribution in [2.24, 2.45) is 0 Å². The molecule has 5 heteroatoms. The molecule has 0 amide bonds. The summed E-state index contributed by atoms with van der Waals surface area (Å²) in [7, 11) is 0. The van der Waals surface area contributed by atoms with E-state index in [-0.39, 0.29) is 0 Å². The number of anilines is 1. The lowest BCUT2D eigenvalue weighted by Gasteiger charge is -2.05. The topological polar surface area (TPSA) is 46.4 Å². The second-order valence-corrected chi connectivity index (χ2v) is 5.80. The number of aryl methyl sites for hydroxylation is 1. The molecule has 1 heterocycles. The molecule has 2 rings (SSSR count). The third kappa shape index (κ3) is 3.23. The van der Waals surface area contributed by atoms with Crippen LogP contribution in [0.25, 0.3) is 0 Å². The van der Waals surface area contributed by atoms with E-state index in [2.05, 4.69) is 42.2 Å². The van der Waals surface area contributed by atoms with Gasteiger partial charge < -0.3 is 5.11 Å². The fourth-order valence-electron chi connectivity index (χ4n) is 1.62. The van der Waals surface area contributed by atoms with Crippen LogP contribution >= 0.6 is 31.9 Å². The van der Waals surface area contributed by atoms with Gasteiger partial charge >= 0.3 is 0 Å². The summed E-state index contributed by atoms with van der Waals surface area (Å²) in [5.41, 5.74) is 2.00. The van der Waals surface area contributed by atoms with E-state index in [1.807, 2.05) is 31.3 Å². The third-order valence-electron chi connectivity index (χ3n) is 2.55. The van der Waals surface area contributed by atoms with E-state index >= 15 is 0 Å². The van der Waals surface area contributed by atoms with Gasteiger partial charge in [-0.3, -0.25) is 5.32 Å². The van der Waals surface area contributed by atoms with Crippen LogP contribution in [0.1, 0.15) is 11.1 Å². The second-order valence-electron chi connectivity index (χ2n) is 4.03. The lowest BCUT2D eigenvalue weighted by molar-refractivity contribution is -0.362. The first-order valence-corrected chi connectivity index (χ1v) is 7.04. The number of halogens is 2. The molecule has 0 aliphatic carbocycles. The summed E-state index contributed by atoms with van der Waals surface area (Å²) in [5.74, 6) is 1.18. The molecule has 0 bridgehead atoms. The Kier molecular flexibility index (Phi) is 4.24. The van der Waals surface area contributed by atoms with Crippen LogP contribution in [-0.4, -0.2) is 5.11 Å². The molecule has 3 nitrogen and oxygen atoms in total. The maximum Gasteiger partial charge on any atom is 0.287 e. The Morgan fingerprint density at radius 2 is 2.06 bits per heavy atom. The largest absolute Gasteiger partial charge is 0.508 e. The van der Waals surface area contributed by atoms with E-state index < -0.39 is 0 Å². The minimum Gasteiger partial charge on any atom is -0.508 e. The first-order chi connectivity index (χ1) is 8.56. The van der Waals surface area contributed by atoms with Crippen LogP contribution < -0.4 is 10.3 Å². The number of phenols is 1. The molecule has 0 radical (unpaired) electrons. The summed E-state index contributed by atoms with van der Waals surface area (Å²) in [4.78, 5) is 3.12. The number of aromatic hydroxyl groups is 1. The smallest absolute Gasteiger partial charge is 0.287 e. The molecule has 0 unspecified atom stereocenters. The zero-order valence-electron chi connectivity index (χ0n) is 9.80. The normalized spacial score (nSPS) is 10.4. The van der Waals surface area contributed by atoms with Gasteiger partial charge in [-0.2, -0.15) is 0 Å². The van der Waals surface area contributed by atoms with Gasteiger partial charge in [-0.05, 0) is 57.0 Å². The number of nitrogens with one attached hydrogen (secondary N) is 2. The maximum atomic E-state index is 9.76. The van der Waals surface area contributed by atoms with Crippen molar-refractivity contribution in [2.45, 2.75) is 13.5 Å². The first-order valence-electron chi connectivity index (χ1n) is 5.45. The van der Waals surface area contributed by atoms with E-state index in [4.69, 9.17) is 0 Å². The van der Waals surface area contributed by atoms with E-state index in [1.165, 1.54) is 0 Å². The van der Waals surface area contributed by atoms with Crippen LogP contribution in [0.2, 0.25) is 0 Å². The standard InChI is InChI=1S/C13H12Br2N2O/c1-8-2-3-12(18)9(4-8)6-16-13-11(15)5-10(14)7-17-13/h2-5,7,18H,6H2,1H3,(H,16,17)/p+1. The number of pyridine rings is 1. The summed E-state index contributed by atoms with van der Waals surface area (Å²) in [6.07, 6.45) is 1.85. The van der Waals surface area contributed by atoms with Crippen molar-refractivity contribution in [1.82, 2.24) is 0 Å². The SMILES string of the molecule is Cc1ccc(O)c(CNc2[nH+]cc(Br)cc2Br)c1. The summed E-state index contributed by atoms with van der Waals surface area (Å²) < 4.78 is 1.90.